The molecular weight excluding hydrogens is 522 g/mol. The zero-order valence-electron chi connectivity index (χ0n) is 20.0. The van der Waals surface area contributed by atoms with E-state index in [1.807, 2.05) is 54.6 Å². The Balaban J connectivity index is 1.37. The van der Waals surface area contributed by atoms with E-state index in [2.05, 4.69) is 10.2 Å². The molecule has 1 aromatic heterocycles. The maximum Gasteiger partial charge on any atom is 0.267 e. The van der Waals surface area contributed by atoms with Gasteiger partial charge in [0, 0.05) is 10.6 Å². The van der Waals surface area contributed by atoms with Crippen LogP contribution in [0.1, 0.15) is 22.5 Å². The van der Waals surface area contributed by atoms with Crippen LogP contribution in [0, 0.1) is 0 Å². The predicted octanol–water partition coefficient (Wildman–Crippen LogP) is 6.72. The molecule has 0 atom stereocenters. The summed E-state index contributed by atoms with van der Waals surface area (Å²) in [5.74, 6) is 1.11. The second-order valence-electron chi connectivity index (χ2n) is 8.26. The third-order valence-electron chi connectivity index (χ3n) is 5.52. The summed E-state index contributed by atoms with van der Waals surface area (Å²) in [6.45, 7) is 0.648. The van der Waals surface area contributed by atoms with Crippen LogP contribution in [-0.2, 0) is 17.9 Å². The molecule has 1 amide bonds. The second-order valence-corrected chi connectivity index (χ2v) is 9.70. The quantitative estimate of drug-likeness (QED) is 0.151. The fourth-order valence-electron chi connectivity index (χ4n) is 3.64. The fourth-order valence-corrected chi connectivity index (χ4v) is 4.75. The number of halogens is 1. The van der Waals surface area contributed by atoms with E-state index in [0.717, 1.165) is 11.1 Å². The molecule has 1 saturated heterocycles. The number of carbonyl (C=O) groups excluding carboxylic acids is 1. The van der Waals surface area contributed by atoms with Crippen molar-refractivity contribution in [3.63, 3.8) is 0 Å². The van der Waals surface area contributed by atoms with Crippen molar-refractivity contribution in [3.05, 3.63) is 124 Å². The van der Waals surface area contributed by atoms with E-state index in [-0.39, 0.29) is 18.2 Å². The molecule has 190 valence electrons. The van der Waals surface area contributed by atoms with Crippen molar-refractivity contribution >= 4 is 46.7 Å². The van der Waals surface area contributed by atoms with Gasteiger partial charge < -0.3 is 14.3 Å². The van der Waals surface area contributed by atoms with E-state index >= 15 is 0 Å². The molecule has 2 heterocycles. The molecule has 0 aliphatic carbocycles. The van der Waals surface area contributed by atoms with Crippen LogP contribution < -0.4 is 4.74 Å². The Bertz CT molecular complexity index is 1520. The number of phenolic OH excluding ortho intramolecular Hbond substituents is 1. The van der Waals surface area contributed by atoms with Crippen LogP contribution in [0.5, 0.6) is 11.5 Å². The lowest BCUT2D eigenvalue weighted by molar-refractivity contribution is -0.122. The van der Waals surface area contributed by atoms with Crippen LogP contribution in [-0.4, -0.2) is 27.3 Å². The summed E-state index contributed by atoms with van der Waals surface area (Å²) in [5.41, 5.74) is 2.30. The Morgan fingerprint density at radius 3 is 2.71 bits per heavy atom. The van der Waals surface area contributed by atoms with Crippen molar-refractivity contribution in [1.82, 2.24) is 4.90 Å². The van der Waals surface area contributed by atoms with Crippen LogP contribution >= 0.6 is 23.4 Å². The maximum atomic E-state index is 13.3. The third-order valence-corrected chi connectivity index (χ3v) is 6.75. The number of amidine groups is 1. The molecule has 1 aliphatic heterocycles. The first-order valence-corrected chi connectivity index (χ1v) is 12.8. The molecule has 5 rings (SSSR count). The number of aromatic hydroxyl groups is 1. The van der Waals surface area contributed by atoms with Gasteiger partial charge in [-0.1, -0.05) is 54.1 Å². The highest BCUT2D eigenvalue weighted by molar-refractivity contribution is 8.18. The lowest BCUT2D eigenvalue weighted by atomic mass is 10.2. The number of carbonyl (C=O) groups is 1. The highest BCUT2D eigenvalue weighted by Crippen LogP contribution is 2.34. The molecule has 0 radical (unpaired) electrons. The van der Waals surface area contributed by atoms with Crippen LogP contribution in [0.25, 0.3) is 6.08 Å². The number of benzene rings is 3. The van der Waals surface area contributed by atoms with Gasteiger partial charge in [0.05, 0.1) is 23.9 Å². The molecule has 1 N–H and O–H groups in total. The molecule has 0 spiro atoms. The van der Waals surface area contributed by atoms with Crippen molar-refractivity contribution in [3.8, 4) is 11.5 Å². The number of hydrogen-bond acceptors (Lipinski definition) is 7. The number of thioether (sulfide) groups is 1. The molecule has 4 aromatic rings. The molecule has 38 heavy (non-hydrogen) atoms. The minimum absolute atomic E-state index is 0.0240. The molecule has 0 bridgehead atoms. The number of ether oxygens (including phenoxy) is 1. The minimum Gasteiger partial charge on any atom is -0.507 e. The molecule has 7 nitrogen and oxygen atoms in total. The van der Waals surface area contributed by atoms with Crippen LogP contribution in [0.3, 0.4) is 0 Å². The lowest BCUT2D eigenvalue weighted by Crippen LogP contribution is -2.28. The Morgan fingerprint density at radius 1 is 1.03 bits per heavy atom. The lowest BCUT2D eigenvalue weighted by Gasteiger charge is -2.12. The highest BCUT2D eigenvalue weighted by atomic mass is 35.5. The normalized spacial score (nSPS) is 15.7. The Hall–Kier alpha value is -4.27. The van der Waals surface area contributed by atoms with Gasteiger partial charge in [-0.3, -0.25) is 9.69 Å². The van der Waals surface area contributed by atoms with Gasteiger partial charge in [0.1, 0.15) is 23.9 Å². The minimum atomic E-state index is -0.221. The number of phenols is 1. The number of hydrogen-bond donors (Lipinski definition) is 1. The van der Waals surface area contributed by atoms with Crippen molar-refractivity contribution in [1.29, 1.82) is 0 Å². The number of amides is 1. The predicted molar refractivity (Wildman–Crippen MR) is 150 cm³/mol. The molecular formula is C29H22ClN3O4S. The van der Waals surface area contributed by atoms with Gasteiger partial charge in [-0.15, -0.1) is 5.10 Å². The van der Waals surface area contributed by atoms with E-state index < -0.39 is 0 Å². The number of rotatable bonds is 8. The summed E-state index contributed by atoms with van der Waals surface area (Å²) in [5, 5.41) is 19.2. The summed E-state index contributed by atoms with van der Waals surface area (Å²) in [6, 6.07) is 25.6. The van der Waals surface area contributed by atoms with Crippen molar-refractivity contribution in [2.75, 3.05) is 0 Å². The molecule has 1 fully saturated rings. The number of nitrogens with zero attached hydrogens (tertiary/aromatic N) is 3. The summed E-state index contributed by atoms with van der Waals surface area (Å²) in [7, 11) is 0. The first-order chi connectivity index (χ1) is 18.5. The summed E-state index contributed by atoms with van der Waals surface area (Å²) >= 11 is 7.22. The smallest absolute Gasteiger partial charge is 0.267 e. The molecule has 9 heteroatoms. The average Bonchev–Trinajstić information content (AvgIpc) is 3.55. The van der Waals surface area contributed by atoms with Gasteiger partial charge in [0.2, 0.25) is 0 Å². The summed E-state index contributed by atoms with van der Waals surface area (Å²) in [6.07, 6.45) is 4.74. The SMILES string of the molecule is O=C1/C(=C/c2cccc(OCc3ccccc3)c2)S/C(=N/N=C\c2cc(Cl)ccc2O)N1Cc1ccco1. The van der Waals surface area contributed by atoms with Gasteiger partial charge in [-0.05, 0) is 71.4 Å². The Morgan fingerprint density at radius 2 is 1.89 bits per heavy atom. The topological polar surface area (TPSA) is 87.6 Å². The van der Waals surface area contributed by atoms with E-state index in [9.17, 15) is 9.90 Å². The monoisotopic (exact) mass is 543 g/mol. The molecule has 0 unspecified atom stereocenters. The summed E-state index contributed by atoms with van der Waals surface area (Å²) < 4.78 is 11.4. The summed E-state index contributed by atoms with van der Waals surface area (Å²) in [4.78, 5) is 15.3. The van der Waals surface area contributed by atoms with E-state index in [0.29, 0.717) is 38.8 Å². The zero-order chi connectivity index (χ0) is 26.3. The molecule has 3 aromatic carbocycles. The van der Waals surface area contributed by atoms with Gasteiger partial charge in [-0.2, -0.15) is 5.10 Å². The van der Waals surface area contributed by atoms with Gasteiger partial charge >= 0.3 is 0 Å². The average molecular weight is 544 g/mol. The van der Waals surface area contributed by atoms with E-state index in [4.69, 9.17) is 20.8 Å². The Labute approximate surface area is 228 Å². The van der Waals surface area contributed by atoms with E-state index in [1.54, 1.807) is 36.6 Å². The Kier molecular flexibility index (Phi) is 7.92. The first kappa shape index (κ1) is 25.4. The number of furan rings is 1. The first-order valence-electron chi connectivity index (χ1n) is 11.7. The highest BCUT2D eigenvalue weighted by Gasteiger charge is 2.34. The fraction of sp³-hybridized carbons (Fsp3) is 0.0690. The van der Waals surface area contributed by atoms with Gasteiger partial charge in [-0.25, -0.2) is 0 Å². The molecule has 0 saturated carbocycles. The van der Waals surface area contributed by atoms with Gasteiger partial charge in [0.25, 0.3) is 5.91 Å². The van der Waals surface area contributed by atoms with Crippen molar-refractivity contribution in [2.24, 2.45) is 10.2 Å². The van der Waals surface area contributed by atoms with Gasteiger partial charge in [0.15, 0.2) is 5.17 Å². The maximum absolute atomic E-state index is 13.3. The molecule has 1 aliphatic rings. The largest absolute Gasteiger partial charge is 0.507 e. The van der Waals surface area contributed by atoms with Crippen LogP contribution in [0.4, 0.5) is 0 Å². The van der Waals surface area contributed by atoms with Crippen molar-refractivity contribution in [2.45, 2.75) is 13.2 Å². The zero-order valence-corrected chi connectivity index (χ0v) is 21.6. The standard InChI is InChI=1S/C29H22ClN3O4S/c30-23-11-12-26(34)22(16-23)17-31-32-29-33(18-25-10-5-13-36-25)28(35)27(38-29)15-21-8-4-9-24(14-21)37-19-20-6-2-1-3-7-20/h1-17,34H,18-19H2/b27-15-,31-17-,32-29+. The third kappa shape index (κ3) is 6.34. The second kappa shape index (κ2) is 11.9. The van der Waals surface area contributed by atoms with E-state index in [1.165, 1.54) is 28.9 Å². The van der Waals surface area contributed by atoms with Crippen molar-refractivity contribution < 1.29 is 19.1 Å². The van der Waals surface area contributed by atoms with Crippen LogP contribution in [0.2, 0.25) is 5.02 Å². The van der Waals surface area contributed by atoms with Crippen LogP contribution in [0.15, 0.2) is 111 Å².